The van der Waals surface area contributed by atoms with Crippen molar-refractivity contribution < 1.29 is 4.79 Å². The first-order valence-corrected chi connectivity index (χ1v) is 7.35. The van der Waals surface area contributed by atoms with Crippen molar-refractivity contribution in [1.82, 2.24) is 4.98 Å². The monoisotopic (exact) mass is 263 g/mol. The number of aromatic nitrogens is 1. The average Bonchev–Trinajstić information content (AvgIpc) is 2.41. The Hall–Kier alpha value is -0.830. The van der Waals surface area contributed by atoms with E-state index in [0.717, 1.165) is 12.1 Å². The number of pyridine rings is 1. The second-order valence-electron chi connectivity index (χ2n) is 5.19. The lowest BCUT2D eigenvalue weighted by atomic mass is 9.76. The number of nitrogens with zero attached hydrogens (tertiary/aromatic N) is 1. The number of hydrogen-bond acceptors (Lipinski definition) is 2. The first kappa shape index (κ1) is 13.6. The first-order valence-electron chi connectivity index (χ1n) is 6.90. The maximum atomic E-state index is 11.1. The summed E-state index contributed by atoms with van der Waals surface area (Å²) in [5.74, 6) is 1.13. The van der Waals surface area contributed by atoms with Crippen LogP contribution in [-0.4, -0.2) is 10.1 Å². The Labute approximate surface area is 115 Å². The smallest absolute Gasteiger partial charge is 0.185 e. The fourth-order valence-electron chi connectivity index (χ4n) is 3.04. The zero-order chi connectivity index (χ0) is 12.8. The van der Waals surface area contributed by atoms with Gasteiger partial charge in [0.2, 0.25) is 0 Å². The standard InChI is InChI=1S/C15H21NOS/c17-15(18)10-9-13(12-6-2-1-3-7-12)14-8-4-5-11-16-14/h4-5,8,11-13H,1-3,6-7,9-10H2,(H,17,18). The SMILES string of the molecule is O=C(S)CCC(c1ccccn1)C1CCCCC1. The van der Waals surface area contributed by atoms with Gasteiger partial charge in [-0.25, -0.2) is 0 Å². The van der Waals surface area contributed by atoms with Crippen molar-refractivity contribution in [2.45, 2.75) is 50.9 Å². The second kappa shape index (κ2) is 6.93. The molecule has 1 atom stereocenters. The summed E-state index contributed by atoms with van der Waals surface area (Å²) in [4.78, 5) is 15.6. The molecule has 3 heteroatoms. The van der Waals surface area contributed by atoms with E-state index in [1.165, 1.54) is 32.1 Å². The molecule has 0 saturated heterocycles. The van der Waals surface area contributed by atoms with Crippen LogP contribution in [-0.2, 0) is 4.79 Å². The largest absolute Gasteiger partial charge is 0.288 e. The molecule has 1 aromatic rings. The van der Waals surface area contributed by atoms with Gasteiger partial charge in [-0.2, -0.15) is 0 Å². The molecule has 0 N–H and O–H groups in total. The van der Waals surface area contributed by atoms with E-state index in [2.05, 4.69) is 23.7 Å². The van der Waals surface area contributed by atoms with Crippen LogP contribution in [0.3, 0.4) is 0 Å². The first-order chi connectivity index (χ1) is 8.77. The molecule has 0 amide bonds. The molecule has 0 aliphatic heterocycles. The van der Waals surface area contributed by atoms with Gasteiger partial charge in [-0.05, 0) is 37.3 Å². The van der Waals surface area contributed by atoms with Crippen molar-refractivity contribution in [3.63, 3.8) is 0 Å². The highest BCUT2D eigenvalue weighted by atomic mass is 32.1. The molecule has 1 heterocycles. The van der Waals surface area contributed by atoms with Crippen molar-refractivity contribution >= 4 is 17.7 Å². The summed E-state index contributed by atoms with van der Waals surface area (Å²) in [6.07, 6.45) is 9.87. The Kier molecular flexibility index (Phi) is 5.24. The average molecular weight is 263 g/mol. The number of rotatable bonds is 5. The molecule has 1 aliphatic carbocycles. The van der Waals surface area contributed by atoms with Crippen LogP contribution < -0.4 is 0 Å². The van der Waals surface area contributed by atoms with Gasteiger partial charge in [-0.3, -0.25) is 9.78 Å². The van der Waals surface area contributed by atoms with Gasteiger partial charge >= 0.3 is 0 Å². The predicted molar refractivity (Wildman–Crippen MR) is 76.8 cm³/mol. The van der Waals surface area contributed by atoms with E-state index in [4.69, 9.17) is 0 Å². The summed E-state index contributed by atoms with van der Waals surface area (Å²) in [7, 11) is 0. The molecule has 18 heavy (non-hydrogen) atoms. The summed E-state index contributed by atoms with van der Waals surface area (Å²) >= 11 is 3.89. The summed E-state index contributed by atoms with van der Waals surface area (Å²) in [5.41, 5.74) is 1.15. The third-order valence-corrected chi connectivity index (χ3v) is 4.18. The van der Waals surface area contributed by atoms with Gasteiger partial charge < -0.3 is 0 Å². The number of thiol groups is 1. The molecule has 0 aromatic carbocycles. The Morgan fingerprint density at radius 2 is 2.11 bits per heavy atom. The lowest BCUT2D eigenvalue weighted by molar-refractivity contribution is -0.111. The summed E-state index contributed by atoms with van der Waals surface area (Å²) < 4.78 is 0. The summed E-state index contributed by atoms with van der Waals surface area (Å²) in [5, 5.41) is -0.00765. The van der Waals surface area contributed by atoms with Gasteiger partial charge in [-0.15, -0.1) is 12.6 Å². The normalized spacial score (nSPS) is 18.5. The van der Waals surface area contributed by atoms with E-state index in [9.17, 15) is 4.79 Å². The van der Waals surface area contributed by atoms with Crippen LogP contribution in [0.5, 0.6) is 0 Å². The third kappa shape index (κ3) is 3.84. The Morgan fingerprint density at radius 3 is 2.72 bits per heavy atom. The molecule has 1 aliphatic rings. The fourth-order valence-corrected chi connectivity index (χ4v) is 3.16. The van der Waals surface area contributed by atoms with Gasteiger partial charge in [0, 0.05) is 24.2 Å². The zero-order valence-electron chi connectivity index (χ0n) is 10.7. The highest BCUT2D eigenvalue weighted by Gasteiger charge is 2.25. The van der Waals surface area contributed by atoms with Crippen LogP contribution >= 0.6 is 12.6 Å². The number of hydrogen-bond donors (Lipinski definition) is 1. The highest BCUT2D eigenvalue weighted by molar-refractivity contribution is 7.96. The molecule has 0 radical (unpaired) electrons. The van der Waals surface area contributed by atoms with E-state index in [1.807, 2.05) is 18.3 Å². The van der Waals surface area contributed by atoms with E-state index in [1.54, 1.807) is 0 Å². The number of carbonyl (C=O) groups is 1. The molecule has 1 saturated carbocycles. The zero-order valence-corrected chi connectivity index (χ0v) is 11.6. The van der Waals surface area contributed by atoms with Crippen molar-refractivity contribution in [3.05, 3.63) is 30.1 Å². The van der Waals surface area contributed by atoms with Gasteiger partial charge in [0.05, 0.1) is 0 Å². The summed E-state index contributed by atoms with van der Waals surface area (Å²) in [6, 6.07) is 6.09. The van der Waals surface area contributed by atoms with E-state index in [-0.39, 0.29) is 5.12 Å². The van der Waals surface area contributed by atoms with Gasteiger partial charge in [0.1, 0.15) is 0 Å². The van der Waals surface area contributed by atoms with Crippen LogP contribution in [0.25, 0.3) is 0 Å². The molecular weight excluding hydrogens is 242 g/mol. The van der Waals surface area contributed by atoms with Crippen LogP contribution in [0.1, 0.15) is 56.6 Å². The van der Waals surface area contributed by atoms with Crippen molar-refractivity contribution in [3.8, 4) is 0 Å². The van der Waals surface area contributed by atoms with Crippen LogP contribution in [0.2, 0.25) is 0 Å². The topological polar surface area (TPSA) is 30.0 Å². The van der Waals surface area contributed by atoms with Gasteiger partial charge in [0.25, 0.3) is 0 Å². The lowest BCUT2D eigenvalue weighted by Crippen LogP contribution is -2.18. The molecule has 0 spiro atoms. The minimum atomic E-state index is -0.00765. The predicted octanol–water partition coefficient (Wildman–Crippen LogP) is 3.98. The van der Waals surface area contributed by atoms with Crippen molar-refractivity contribution in [2.24, 2.45) is 5.92 Å². The molecule has 2 nitrogen and oxygen atoms in total. The Morgan fingerprint density at radius 1 is 1.33 bits per heavy atom. The van der Waals surface area contributed by atoms with E-state index in [0.29, 0.717) is 18.3 Å². The quantitative estimate of drug-likeness (QED) is 0.814. The van der Waals surface area contributed by atoms with E-state index < -0.39 is 0 Å². The minimum Gasteiger partial charge on any atom is -0.288 e. The van der Waals surface area contributed by atoms with E-state index >= 15 is 0 Å². The maximum Gasteiger partial charge on any atom is 0.185 e. The fraction of sp³-hybridized carbons (Fsp3) is 0.600. The molecule has 1 unspecified atom stereocenters. The van der Waals surface area contributed by atoms with Crippen LogP contribution in [0.4, 0.5) is 0 Å². The Bertz CT molecular complexity index is 373. The van der Waals surface area contributed by atoms with Crippen molar-refractivity contribution in [1.29, 1.82) is 0 Å². The molecular formula is C15H21NOS. The molecule has 0 bridgehead atoms. The van der Waals surface area contributed by atoms with Crippen LogP contribution in [0.15, 0.2) is 24.4 Å². The van der Waals surface area contributed by atoms with Crippen molar-refractivity contribution in [2.75, 3.05) is 0 Å². The lowest BCUT2D eigenvalue weighted by Gasteiger charge is -2.29. The van der Waals surface area contributed by atoms with Gasteiger partial charge in [-0.1, -0.05) is 25.3 Å². The summed E-state index contributed by atoms with van der Waals surface area (Å²) in [6.45, 7) is 0. The molecule has 2 rings (SSSR count). The minimum absolute atomic E-state index is 0.00765. The molecule has 1 fully saturated rings. The highest BCUT2D eigenvalue weighted by Crippen LogP contribution is 2.38. The van der Waals surface area contributed by atoms with Gasteiger partial charge in [0.15, 0.2) is 5.12 Å². The maximum absolute atomic E-state index is 11.1. The van der Waals surface area contributed by atoms with Crippen LogP contribution in [0, 0.1) is 5.92 Å². The molecule has 98 valence electrons. The third-order valence-electron chi connectivity index (χ3n) is 3.96. The second-order valence-corrected chi connectivity index (χ2v) is 5.69. The molecule has 1 aromatic heterocycles. The number of carbonyl (C=O) groups excluding carboxylic acids is 1. The Balaban J connectivity index is 2.08.